The van der Waals surface area contributed by atoms with Crippen LogP contribution < -0.4 is 16.0 Å². The number of nitrogens with zero attached hydrogens (tertiary/aromatic N) is 2. The molecule has 22 heavy (non-hydrogen) atoms. The molecule has 1 fully saturated rings. The van der Waals surface area contributed by atoms with Gasteiger partial charge in [-0.25, -0.2) is 4.98 Å². The summed E-state index contributed by atoms with van der Waals surface area (Å²) in [4.78, 5) is 19.1. The standard InChI is InChI=1S/C16H22N4OS/c1-10(2)14(17)15(21)18-11-5-6-12-13(9-11)22-16(19-12)20-7-3-4-8-20/h5-6,9-10,14H,3-4,7-8,17H2,1-2H3,(H,18,21). The molecule has 1 aromatic heterocycles. The first-order chi connectivity index (χ1) is 10.5. The summed E-state index contributed by atoms with van der Waals surface area (Å²) in [7, 11) is 0. The molecular weight excluding hydrogens is 296 g/mol. The molecule has 2 aromatic rings. The van der Waals surface area contributed by atoms with Crippen molar-refractivity contribution in [2.75, 3.05) is 23.3 Å². The molecule has 1 amide bonds. The Labute approximate surface area is 134 Å². The van der Waals surface area contributed by atoms with Crippen molar-refractivity contribution in [3.63, 3.8) is 0 Å². The first-order valence-electron chi connectivity index (χ1n) is 7.76. The van der Waals surface area contributed by atoms with Gasteiger partial charge in [0.2, 0.25) is 5.91 Å². The van der Waals surface area contributed by atoms with Crippen LogP contribution in [0.2, 0.25) is 0 Å². The van der Waals surface area contributed by atoms with Crippen LogP contribution in [0.5, 0.6) is 0 Å². The van der Waals surface area contributed by atoms with Gasteiger partial charge in [-0.15, -0.1) is 0 Å². The molecule has 0 saturated carbocycles. The van der Waals surface area contributed by atoms with Crippen LogP contribution in [-0.2, 0) is 4.79 Å². The monoisotopic (exact) mass is 318 g/mol. The summed E-state index contributed by atoms with van der Waals surface area (Å²) in [5.41, 5.74) is 7.65. The number of amides is 1. The van der Waals surface area contributed by atoms with Gasteiger partial charge in [-0.3, -0.25) is 4.79 Å². The second-order valence-corrected chi connectivity index (χ2v) is 7.14. The van der Waals surface area contributed by atoms with E-state index < -0.39 is 6.04 Å². The lowest BCUT2D eigenvalue weighted by atomic mass is 10.1. The van der Waals surface area contributed by atoms with Gasteiger partial charge in [0.15, 0.2) is 5.13 Å². The first-order valence-corrected chi connectivity index (χ1v) is 8.58. The average Bonchev–Trinajstić information content (AvgIpc) is 3.14. The summed E-state index contributed by atoms with van der Waals surface area (Å²) in [6, 6.07) is 5.34. The number of anilines is 2. The fourth-order valence-corrected chi connectivity index (χ4v) is 3.62. The van der Waals surface area contributed by atoms with Crippen LogP contribution in [0.4, 0.5) is 10.8 Å². The second kappa shape index (κ2) is 6.22. The molecule has 2 heterocycles. The van der Waals surface area contributed by atoms with E-state index >= 15 is 0 Å². The summed E-state index contributed by atoms with van der Waals surface area (Å²) in [6.07, 6.45) is 2.48. The maximum absolute atomic E-state index is 12.0. The number of carbonyl (C=O) groups is 1. The Morgan fingerprint density at radius 3 is 2.77 bits per heavy atom. The van der Waals surface area contributed by atoms with E-state index in [1.165, 1.54) is 12.8 Å². The number of benzene rings is 1. The summed E-state index contributed by atoms with van der Waals surface area (Å²) >= 11 is 1.68. The Hall–Kier alpha value is -1.66. The number of hydrogen-bond acceptors (Lipinski definition) is 5. The van der Waals surface area contributed by atoms with Crippen LogP contribution in [0, 0.1) is 5.92 Å². The minimum absolute atomic E-state index is 0.119. The van der Waals surface area contributed by atoms with Gasteiger partial charge in [0.25, 0.3) is 0 Å². The van der Waals surface area contributed by atoms with E-state index in [2.05, 4.69) is 15.2 Å². The zero-order valence-electron chi connectivity index (χ0n) is 13.0. The molecule has 0 spiro atoms. The van der Waals surface area contributed by atoms with Crippen molar-refractivity contribution < 1.29 is 4.79 Å². The molecule has 5 nitrogen and oxygen atoms in total. The average molecular weight is 318 g/mol. The van der Waals surface area contributed by atoms with Gasteiger partial charge in [0.1, 0.15) is 0 Å². The van der Waals surface area contributed by atoms with Crippen molar-refractivity contribution in [1.82, 2.24) is 4.98 Å². The van der Waals surface area contributed by atoms with Crippen LogP contribution in [0.3, 0.4) is 0 Å². The van der Waals surface area contributed by atoms with Gasteiger partial charge < -0.3 is 16.0 Å². The number of carbonyl (C=O) groups excluding carboxylic acids is 1. The molecule has 1 aliphatic heterocycles. The highest BCUT2D eigenvalue weighted by Gasteiger charge is 2.19. The van der Waals surface area contributed by atoms with Gasteiger partial charge in [-0.2, -0.15) is 0 Å². The van der Waals surface area contributed by atoms with Crippen molar-refractivity contribution >= 4 is 38.3 Å². The van der Waals surface area contributed by atoms with Crippen molar-refractivity contribution in [2.45, 2.75) is 32.7 Å². The van der Waals surface area contributed by atoms with Gasteiger partial charge in [-0.1, -0.05) is 25.2 Å². The molecule has 3 N–H and O–H groups in total. The fraction of sp³-hybridized carbons (Fsp3) is 0.500. The van der Waals surface area contributed by atoms with Gasteiger partial charge in [0, 0.05) is 18.8 Å². The lowest BCUT2D eigenvalue weighted by Crippen LogP contribution is -2.39. The van der Waals surface area contributed by atoms with E-state index in [0.29, 0.717) is 0 Å². The molecule has 1 unspecified atom stereocenters. The van der Waals surface area contributed by atoms with Gasteiger partial charge in [0.05, 0.1) is 16.3 Å². The zero-order valence-corrected chi connectivity index (χ0v) is 13.8. The van der Waals surface area contributed by atoms with Crippen molar-refractivity contribution in [2.24, 2.45) is 11.7 Å². The Morgan fingerprint density at radius 2 is 2.09 bits per heavy atom. The van der Waals surface area contributed by atoms with Crippen LogP contribution in [0.15, 0.2) is 18.2 Å². The maximum atomic E-state index is 12.0. The summed E-state index contributed by atoms with van der Waals surface area (Å²) in [6.45, 7) is 6.07. The Kier molecular flexibility index (Phi) is 4.31. The van der Waals surface area contributed by atoms with E-state index in [9.17, 15) is 4.79 Å². The van der Waals surface area contributed by atoms with Gasteiger partial charge in [-0.05, 0) is 37.0 Å². The van der Waals surface area contributed by atoms with E-state index in [-0.39, 0.29) is 11.8 Å². The fourth-order valence-electron chi connectivity index (χ4n) is 2.56. The molecule has 0 aliphatic carbocycles. The number of hydrogen-bond donors (Lipinski definition) is 2. The van der Waals surface area contributed by atoms with E-state index in [4.69, 9.17) is 5.73 Å². The smallest absolute Gasteiger partial charge is 0.241 e. The van der Waals surface area contributed by atoms with E-state index in [0.717, 1.165) is 34.1 Å². The lowest BCUT2D eigenvalue weighted by molar-refractivity contribution is -0.118. The van der Waals surface area contributed by atoms with Crippen molar-refractivity contribution in [1.29, 1.82) is 0 Å². The normalized spacial score (nSPS) is 16.5. The molecule has 3 rings (SSSR count). The van der Waals surface area contributed by atoms with E-state index in [1.807, 2.05) is 32.0 Å². The molecule has 0 bridgehead atoms. The molecule has 0 radical (unpaired) electrons. The van der Waals surface area contributed by atoms with E-state index in [1.54, 1.807) is 11.3 Å². The summed E-state index contributed by atoms with van der Waals surface area (Å²) in [5, 5.41) is 3.97. The zero-order chi connectivity index (χ0) is 15.7. The second-order valence-electron chi connectivity index (χ2n) is 6.13. The SMILES string of the molecule is CC(C)C(N)C(=O)Nc1ccc2nc(N3CCCC3)sc2c1. The largest absolute Gasteiger partial charge is 0.348 e. The molecule has 1 atom stereocenters. The number of aromatic nitrogens is 1. The molecule has 118 valence electrons. The Balaban J connectivity index is 1.79. The minimum Gasteiger partial charge on any atom is -0.348 e. The quantitative estimate of drug-likeness (QED) is 0.909. The number of nitrogens with two attached hydrogens (primary N) is 1. The lowest BCUT2D eigenvalue weighted by Gasteiger charge is -2.15. The highest BCUT2D eigenvalue weighted by Crippen LogP contribution is 2.32. The minimum atomic E-state index is -0.489. The predicted molar refractivity (Wildman–Crippen MR) is 92.5 cm³/mol. The number of fused-ring (bicyclic) bond motifs is 1. The number of rotatable bonds is 4. The van der Waals surface area contributed by atoms with Crippen molar-refractivity contribution in [3.05, 3.63) is 18.2 Å². The molecule has 1 aromatic carbocycles. The third kappa shape index (κ3) is 3.08. The topological polar surface area (TPSA) is 71.2 Å². The van der Waals surface area contributed by atoms with Gasteiger partial charge >= 0.3 is 0 Å². The molecule has 1 aliphatic rings. The third-order valence-electron chi connectivity index (χ3n) is 4.04. The Morgan fingerprint density at radius 1 is 1.36 bits per heavy atom. The third-order valence-corrected chi connectivity index (χ3v) is 5.12. The molecule has 1 saturated heterocycles. The van der Waals surface area contributed by atoms with Crippen LogP contribution >= 0.6 is 11.3 Å². The maximum Gasteiger partial charge on any atom is 0.241 e. The number of nitrogens with one attached hydrogen (secondary N) is 1. The highest BCUT2D eigenvalue weighted by molar-refractivity contribution is 7.22. The highest BCUT2D eigenvalue weighted by atomic mass is 32.1. The predicted octanol–water partition coefficient (Wildman–Crippen LogP) is 2.82. The summed E-state index contributed by atoms with van der Waals surface area (Å²) < 4.78 is 1.10. The van der Waals surface area contributed by atoms with Crippen LogP contribution in [0.1, 0.15) is 26.7 Å². The summed E-state index contributed by atoms with van der Waals surface area (Å²) in [5.74, 6) is -0.0208. The van der Waals surface area contributed by atoms with Crippen molar-refractivity contribution in [3.8, 4) is 0 Å². The molecule has 6 heteroatoms. The first kappa shape index (κ1) is 15.2. The number of thiazole rings is 1. The van der Waals surface area contributed by atoms with Crippen LogP contribution in [-0.4, -0.2) is 30.0 Å². The van der Waals surface area contributed by atoms with Crippen LogP contribution in [0.25, 0.3) is 10.2 Å². The molecular formula is C16H22N4OS. The Bertz CT molecular complexity index is 676.